The van der Waals surface area contributed by atoms with E-state index in [-0.39, 0.29) is 41.4 Å². The first kappa shape index (κ1) is 18.8. The largest absolute Gasteiger partial charge is 0.350 e. The van der Waals surface area contributed by atoms with Gasteiger partial charge < -0.3 is 5.32 Å². The number of benzene rings is 2. The molecule has 0 radical (unpaired) electrons. The second-order valence-corrected chi connectivity index (χ2v) is 8.46. The zero-order chi connectivity index (χ0) is 20.7. The van der Waals surface area contributed by atoms with Gasteiger partial charge in [0.1, 0.15) is 6.04 Å². The molecular formula is C25H24N2O3. The molecule has 0 aromatic heterocycles. The van der Waals surface area contributed by atoms with E-state index in [1.807, 2.05) is 60.7 Å². The lowest BCUT2D eigenvalue weighted by Gasteiger charge is -2.27. The second-order valence-electron chi connectivity index (χ2n) is 8.46. The molecule has 2 aliphatic carbocycles. The maximum absolute atomic E-state index is 13.3. The third-order valence-electron chi connectivity index (χ3n) is 6.70. The smallest absolute Gasteiger partial charge is 0.243 e. The number of carbonyl (C=O) groups is 3. The normalized spacial score (nSPS) is 27.4. The molecule has 1 heterocycles. The van der Waals surface area contributed by atoms with E-state index in [4.69, 9.17) is 0 Å². The van der Waals surface area contributed by atoms with Gasteiger partial charge in [0.15, 0.2) is 0 Å². The SMILES string of the molecule is O=C(NCc1ccccc1)[C@H](Cc1ccccc1)N1C(=O)[C@@H]2[C@@H](C1=O)[C@H]1C=C[C@@H]2C1. The van der Waals surface area contributed by atoms with Gasteiger partial charge in [0.2, 0.25) is 17.7 Å². The van der Waals surface area contributed by atoms with Crippen LogP contribution in [0.2, 0.25) is 0 Å². The lowest BCUT2D eigenvalue weighted by atomic mass is 9.85. The van der Waals surface area contributed by atoms with Crippen molar-refractivity contribution in [3.8, 4) is 0 Å². The summed E-state index contributed by atoms with van der Waals surface area (Å²) in [6.45, 7) is 0.362. The summed E-state index contributed by atoms with van der Waals surface area (Å²) in [7, 11) is 0. The van der Waals surface area contributed by atoms with Gasteiger partial charge in [-0.3, -0.25) is 19.3 Å². The summed E-state index contributed by atoms with van der Waals surface area (Å²) >= 11 is 0. The molecule has 152 valence electrons. The zero-order valence-corrected chi connectivity index (χ0v) is 16.6. The van der Waals surface area contributed by atoms with Gasteiger partial charge in [0, 0.05) is 13.0 Å². The van der Waals surface area contributed by atoms with Gasteiger partial charge >= 0.3 is 0 Å². The van der Waals surface area contributed by atoms with Crippen LogP contribution in [0.3, 0.4) is 0 Å². The molecule has 3 aliphatic rings. The molecule has 5 nitrogen and oxygen atoms in total. The van der Waals surface area contributed by atoms with E-state index in [1.165, 1.54) is 4.90 Å². The number of amides is 3. The number of allylic oxidation sites excluding steroid dienone is 2. The lowest BCUT2D eigenvalue weighted by Crippen LogP contribution is -2.51. The first-order valence-corrected chi connectivity index (χ1v) is 10.5. The first-order valence-electron chi connectivity index (χ1n) is 10.5. The van der Waals surface area contributed by atoms with Crippen LogP contribution < -0.4 is 5.32 Å². The van der Waals surface area contributed by atoms with Gasteiger partial charge in [-0.2, -0.15) is 0 Å². The van der Waals surface area contributed by atoms with Crippen LogP contribution in [-0.2, 0) is 27.3 Å². The van der Waals surface area contributed by atoms with E-state index in [1.54, 1.807) is 0 Å². The predicted molar refractivity (Wildman–Crippen MR) is 112 cm³/mol. The fourth-order valence-electron chi connectivity index (χ4n) is 5.27. The second kappa shape index (κ2) is 7.56. The highest BCUT2D eigenvalue weighted by Gasteiger charge is 2.61. The lowest BCUT2D eigenvalue weighted by molar-refractivity contribution is -0.148. The topological polar surface area (TPSA) is 66.5 Å². The van der Waals surface area contributed by atoms with Crippen molar-refractivity contribution in [2.45, 2.75) is 25.4 Å². The number of hydrogen-bond acceptors (Lipinski definition) is 3. The molecule has 2 aromatic rings. The summed E-state index contributed by atoms with van der Waals surface area (Å²) in [5, 5.41) is 2.94. The summed E-state index contributed by atoms with van der Waals surface area (Å²) in [6.07, 6.45) is 5.34. The van der Waals surface area contributed by atoms with Crippen molar-refractivity contribution in [3.05, 3.63) is 83.9 Å². The maximum atomic E-state index is 13.3. The molecule has 1 saturated carbocycles. The molecule has 2 aromatic carbocycles. The van der Waals surface area contributed by atoms with Crippen LogP contribution in [0.1, 0.15) is 17.5 Å². The highest BCUT2D eigenvalue weighted by molar-refractivity contribution is 6.09. The highest BCUT2D eigenvalue weighted by Crippen LogP contribution is 2.52. The third-order valence-corrected chi connectivity index (χ3v) is 6.70. The van der Waals surface area contributed by atoms with Gasteiger partial charge in [0.25, 0.3) is 0 Å². The van der Waals surface area contributed by atoms with Crippen LogP contribution in [0.25, 0.3) is 0 Å². The fourth-order valence-corrected chi connectivity index (χ4v) is 5.27. The van der Waals surface area contributed by atoms with Crippen LogP contribution in [0, 0.1) is 23.7 Å². The number of likely N-dealkylation sites (tertiary alicyclic amines) is 1. The number of nitrogens with zero attached hydrogens (tertiary/aromatic N) is 1. The molecule has 0 unspecified atom stereocenters. The molecule has 1 N–H and O–H groups in total. The van der Waals surface area contributed by atoms with Crippen molar-refractivity contribution >= 4 is 17.7 Å². The van der Waals surface area contributed by atoms with Crippen LogP contribution in [0.4, 0.5) is 0 Å². The van der Waals surface area contributed by atoms with Gasteiger partial charge in [-0.25, -0.2) is 0 Å². The predicted octanol–water partition coefficient (Wildman–Crippen LogP) is 2.72. The van der Waals surface area contributed by atoms with E-state index >= 15 is 0 Å². The van der Waals surface area contributed by atoms with Gasteiger partial charge in [-0.15, -0.1) is 0 Å². The Morgan fingerprint density at radius 2 is 1.40 bits per heavy atom. The van der Waals surface area contributed by atoms with Crippen molar-refractivity contribution in [2.24, 2.45) is 23.7 Å². The van der Waals surface area contributed by atoms with E-state index in [0.29, 0.717) is 13.0 Å². The van der Waals surface area contributed by atoms with Gasteiger partial charge in [0.05, 0.1) is 11.8 Å². The van der Waals surface area contributed by atoms with Crippen molar-refractivity contribution in [3.63, 3.8) is 0 Å². The molecule has 0 spiro atoms. The Bertz CT molecular complexity index is 972. The molecule has 2 fully saturated rings. The van der Waals surface area contributed by atoms with Crippen LogP contribution in [-0.4, -0.2) is 28.7 Å². The van der Waals surface area contributed by atoms with Gasteiger partial charge in [-0.05, 0) is 29.4 Å². The number of fused-ring (bicyclic) bond motifs is 5. The first-order chi connectivity index (χ1) is 14.6. The van der Waals surface area contributed by atoms with Crippen LogP contribution in [0.15, 0.2) is 72.8 Å². The average molecular weight is 400 g/mol. The zero-order valence-electron chi connectivity index (χ0n) is 16.6. The minimum Gasteiger partial charge on any atom is -0.350 e. The average Bonchev–Trinajstić information content (AvgIpc) is 3.46. The summed E-state index contributed by atoms with van der Waals surface area (Å²) < 4.78 is 0. The van der Waals surface area contributed by atoms with Crippen LogP contribution in [0.5, 0.6) is 0 Å². The minimum atomic E-state index is -0.832. The van der Waals surface area contributed by atoms with E-state index in [2.05, 4.69) is 17.5 Å². The standard InChI is InChI=1S/C25H24N2O3/c28-23(26-15-17-9-5-2-6-10-17)20(13-16-7-3-1-4-8-16)27-24(29)21-18-11-12-19(14-18)22(21)25(27)30/h1-12,18-22H,13-15H2,(H,26,28)/t18-,19+,20-,21-,22-/m0/s1. The maximum Gasteiger partial charge on any atom is 0.243 e. The molecular weight excluding hydrogens is 376 g/mol. The van der Waals surface area contributed by atoms with Crippen molar-refractivity contribution in [1.29, 1.82) is 0 Å². The number of carbonyl (C=O) groups excluding carboxylic acids is 3. The van der Waals surface area contributed by atoms with E-state index < -0.39 is 6.04 Å². The Morgan fingerprint density at radius 1 is 0.867 bits per heavy atom. The molecule has 30 heavy (non-hydrogen) atoms. The summed E-state index contributed by atoms with van der Waals surface area (Å²) in [5.41, 5.74) is 1.90. The molecule has 5 rings (SSSR count). The molecule has 1 saturated heterocycles. The highest BCUT2D eigenvalue weighted by atomic mass is 16.2. The Hall–Kier alpha value is -3.21. The van der Waals surface area contributed by atoms with Gasteiger partial charge in [-0.1, -0.05) is 72.8 Å². The third kappa shape index (κ3) is 3.15. The van der Waals surface area contributed by atoms with Crippen molar-refractivity contribution in [1.82, 2.24) is 10.2 Å². The summed E-state index contributed by atoms with van der Waals surface area (Å²) in [4.78, 5) is 41.1. The Morgan fingerprint density at radius 3 is 1.97 bits per heavy atom. The molecule has 5 heteroatoms. The van der Waals surface area contributed by atoms with Crippen molar-refractivity contribution < 1.29 is 14.4 Å². The summed E-state index contributed by atoms with van der Waals surface area (Å²) in [5.74, 6) is -0.988. The monoisotopic (exact) mass is 400 g/mol. The Balaban J connectivity index is 1.40. The fraction of sp³-hybridized carbons (Fsp3) is 0.320. The quantitative estimate of drug-likeness (QED) is 0.599. The molecule has 5 atom stereocenters. The molecule has 1 aliphatic heterocycles. The van der Waals surface area contributed by atoms with Crippen molar-refractivity contribution in [2.75, 3.05) is 0 Å². The number of nitrogens with one attached hydrogen (secondary N) is 1. The molecule has 2 bridgehead atoms. The Kier molecular flexibility index (Phi) is 4.74. The number of hydrogen-bond donors (Lipinski definition) is 1. The summed E-state index contributed by atoms with van der Waals surface area (Å²) in [6, 6.07) is 18.4. The molecule has 3 amide bonds. The van der Waals surface area contributed by atoms with Crippen LogP contribution >= 0.6 is 0 Å². The Labute approximate surface area is 175 Å². The van der Waals surface area contributed by atoms with E-state index in [9.17, 15) is 14.4 Å². The number of imide groups is 1. The minimum absolute atomic E-state index is 0.131. The number of rotatable bonds is 6. The van der Waals surface area contributed by atoms with E-state index in [0.717, 1.165) is 17.5 Å².